The van der Waals surface area contributed by atoms with Crippen molar-refractivity contribution in [3.05, 3.63) is 83.0 Å². The first-order valence-electron chi connectivity index (χ1n) is 10.0. The van der Waals surface area contributed by atoms with E-state index in [4.69, 9.17) is 16.3 Å². The molecule has 3 aromatic carbocycles. The molecule has 0 radical (unpaired) electrons. The van der Waals surface area contributed by atoms with Gasteiger partial charge in [0.1, 0.15) is 5.75 Å². The highest BCUT2D eigenvalue weighted by Crippen LogP contribution is 2.32. The molecule has 0 saturated heterocycles. The number of hydrogen-bond acceptors (Lipinski definition) is 5. The minimum atomic E-state index is -3.81. The molecule has 32 heavy (non-hydrogen) atoms. The average molecular weight is 470 g/mol. The maximum absolute atomic E-state index is 13.5. The number of aryl methyl sites for hydroxylation is 1. The van der Waals surface area contributed by atoms with Crippen molar-refractivity contribution in [3.8, 4) is 5.75 Å². The molecule has 166 valence electrons. The van der Waals surface area contributed by atoms with Gasteiger partial charge in [-0.25, -0.2) is 12.4 Å². The molecule has 0 aliphatic carbocycles. The number of methoxy groups -OCH3 is 1. The Hall–Kier alpha value is -3.00. The molecule has 4 aromatic rings. The van der Waals surface area contributed by atoms with Gasteiger partial charge in [-0.05, 0) is 73.6 Å². The van der Waals surface area contributed by atoms with Gasteiger partial charge in [-0.2, -0.15) is 0 Å². The predicted molar refractivity (Wildman–Crippen MR) is 130 cm³/mol. The average Bonchev–Trinajstić information content (AvgIpc) is 3.14. The number of hydrogen-bond donors (Lipinski definition) is 2. The van der Waals surface area contributed by atoms with Crippen LogP contribution in [0.4, 0.5) is 11.4 Å². The molecule has 0 aliphatic heterocycles. The third kappa shape index (κ3) is 4.19. The van der Waals surface area contributed by atoms with Gasteiger partial charge in [0.25, 0.3) is 10.0 Å². The van der Waals surface area contributed by atoms with E-state index < -0.39 is 10.0 Å². The maximum atomic E-state index is 13.5. The molecular weight excluding hydrogens is 446 g/mol. The SMILES string of the molecule is CNCc1cn(S(=O)(=O)c2ccc(OC)cc2)c2cc(Nc3ccc(C)cc3Cl)ccc12. The molecular formula is C24H24ClN3O3S. The fraction of sp³-hybridized carbons (Fsp3) is 0.167. The van der Waals surface area contributed by atoms with Crippen molar-refractivity contribution in [2.75, 3.05) is 19.5 Å². The molecule has 0 unspecified atom stereocenters. The van der Waals surface area contributed by atoms with Crippen LogP contribution in [-0.2, 0) is 16.6 Å². The second-order valence-electron chi connectivity index (χ2n) is 7.50. The van der Waals surface area contributed by atoms with Gasteiger partial charge in [-0.1, -0.05) is 23.7 Å². The molecule has 2 N–H and O–H groups in total. The Labute approximate surface area is 192 Å². The quantitative estimate of drug-likeness (QED) is 0.383. The monoisotopic (exact) mass is 469 g/mol. The van der Waals surface area contributed by atoms with Gasteiger partial charge < -0.3 is 15.4 Å². The second kappa shape index (κ2) is 8.86. The highest BCUT2D eigenvalue weighted by molar-refractivity contribution is 7.90. The van der Waals surface area contributed by atoms with Gasteiger partial charge in [0, 0.05) is 23.8 Å². The third-order valence-electron chi connectivity index (χ3n) is 5.24. The highest BCUT2D eigenvalue weighted by Gasteiger charge is 2.21. The van der Waals surface area contributed by atoms with Gasteiger partial charge in [0.15, 0.2) is 0 Å². The van der Waals surface area contributed by atoms with E-state index in [1.807, 2.05) is 50.4 Å². The summed E-state index contributed by atoms with van der Waals surface area (Å²) in [5.74, 6) is 0.596. The molecule has 1 heterocycles. The summed E-state index contributed by atoms with van der Waals surface area (Å²) in [4.78, 5) is 0.186. The molecule has 0 spiro atoms. The van der Waals surface area contributed by atoms with Crippen LogP contribution in [0, 0.1) is 6.92 Å². The minimum absolute atomic E-state index is 0.186. The maximum Gasteiger partial charge on any atom is 0.268 e. The van der Waals surface area contributed by atoms with Crippen molar-refractivity contribution in [1.29, 1.82) is 0 Å². The van der Waals surface area contributed by atoms with Gasteiger partial charge in [-0.3, -0.25) is 0 Å². The lowest BCUT2D eigenvalue weighted by Gasteiger charge is -2.11. The third-order valence-corrected chi connectivity index (χ3v) is 7.24. The molecule has 0 amide bonds. The number of fused-ring (bicyclic) bond motifs is 1. The Morgan fingerprint density at radius 3 is 2.44 bits per heavy atom. The Morgan fingerprint density at radius 1 is 1.03 bits per heavy atom. The molecule has 0 saturated carbocycles. The number of rotatable bonds is 7. The van der Waals surface area contributed by atoms with Crippen LogP contribution in [0.3, 0.4) is 0 Å². The second-order valence-corrected chi connectivity index (χ2v) is 9.72. The summed E-state index contributed by atoms with van der Waals surface area (Å²) < 4.78 is 33.5. The number of nitrogens with one attached hydrogen (secondary N) is 2. The molecule has 0 bridgehead atoms. The zero-order valence-corrected chi connectivity index (χ0v) is 19.6. The van der Waals surface area contributed by atoms with E-state index in [0.29, 0.717) is 22.8 Å². The summed E-state index contributed by atoms with van der Waals surface area (Å²) in [6.07, 6.45) is 1.67. The molecule has 4 rings (SSSR count). The van der Waals surface area contributed by atoms with Crippen LogP contribution in [-0.4, -0.2) is 26.5 Å². The van der Waals surface area contributed by atoms with Crippen molar-refractivity contribution in [2.45, 2.75) is 18.4 Å². The Kier molecular flexibility index (Phi) is 6.15. The summed E-state index contributed by atoms with van der Waals surface area (Å²) in [6.45, 7) is 2.51. The largest absolute Gasteiger partial charge is 0.497 e. The molecule has 6 nitrogen and oxygen atoms in total. The van der Waals surface area contributed by atoms with E-state index in [2.05, 4.69) is 10.6 Å². The topological polar surface area (TPSA) is 72.4 Å². The zero-order valence-electron chi connectivity index (χ0n) is 18.0. The van der Waals surface area contributed by atoms with E-state index in [9.17, 15) is 8.42 Å². The van der Waals surface area contributed by atoms with E-state index in [0.717, 1.165) is 27.9 Å². The van der Waals surface area contributed by atoms with Crippen molar-refractivity contribution in [1.82, 2.24) is 9.29 Å². The van der Waals surface area contributed by atoms with Gasteiger partial charge >= 0.3 is 0 Å². The van der Waals surface area contributed by atoms with E-state index in [1.54, 1.807) is 37.6 Å². The fourth-order valence-electron chi connectivity index (χ4n) is 3.61. The lowest BCUT2D eigenvalue weighted by molar-refractivity contribution is 0.414. The van der Waals surface area contributed by atoms with Gasteiger partial charge in [0.2, 0.25) is 0 Å². The molecule has 8 heteroatoms. The van der Waals surface area contributed by atoms with Crippen molar-refractivity contribution in [3.63, 3.8) is 0 Å². The van der Waals surface area contributed by atoms with Crippen LogP contribution in [0.25, 0.3) is 10.9 Å². The van der Waals surface area contributed by atoms with Crippen LogP contribution in [0.15, 0.2) is 71.8 Å². The summed E-state index contributed by atoms with van der Waals surface area (Å²) >= 11 is 6.37. The molecule has 0 aliphatic rings. The number of nitrogens with zero attached hydrogens (tertiary/aromatic N) is 1. The van der Waals surface area contributed by atoms with Gasteiger partial charge in [0.05, 0.1) is 28.2 Å². The summed E-state index contributed by atoms with van der Waals surface area (Å²) in [7, 11) is -0.439. The first kappa shape index (κ1) is 22.2. The first-order chi connectivity index (χ1) is 15.3. The number of anilines is 2. The Balaban J connectivity index is 1.82. The molecule has 0 atom stereocenters. The number of aromatic nitrogens is 1. The Morgan fingerprint density at radius 2 is 1.78 bits per heavy atom. The fourth-order valence-corrected chi connectivity index (χ4v) is 5.28. The van der Waals surface area contributed by atoms with Crippen molar-refractivity contribution < 1.29 is 13.2 Å². The van der Waals surface area contributed by atoms with Crippen LogP contribution in [0.1, 0.15) is 11.1 Å². The van der Waals surface area contributed by atoms with Crippen LogP contribution >= 0.6 is 11.6 Å². The number of halogens is 1. The smallest absolute Gasteiger partial charge is 0.268 e. The van der Waals surface area contributed by atoms with Crippen LogP contribution in [0.5, 0.6) is 5.75 Å². The zero-order chi connectivity index (χ0) is 22.9. The predicted octanol–water partition coefficient (Wildman–Crippen LogP) is 5.31. The number of ether oxygens (including phenoxy) is 1. The van der Waals surface area contributed by atoms with Crippen LogP contribution in [0.2, 0.25) is 5.02 Å². The highest BCUT2D eigenvalue weighted by atomic mass is 35.5. The van der Waals surface area contributed by atoms with E-state index >= 15 is 0 Å². The number of benzene rings is 3. The van der Waals surface area contributed by atoms with Crippen LogP contribution < -0.4 is 15.4 Å². The summed E-state index contributed by atoms with van der Waals surface area (Å²) in [5.41, 5.74) is 4.03. The normalized spacial score (nSPS) is 11.6. The van der Waals surface area contributed by atoms with Gasteiger partial charge in [-0.15, -0.1) is 0 Å². The Bertz CT molecular complexity index is 1380. The molecule has 0 fully saturated rings. The summed E-state index contributed by atoms with van der Waals surface area (Å²) in [5, 5.41) is 7.86. The van der Waals surface area contributed by atoms with Crippen molar-refractivity contribution in [2.24, 2.45) is 0 Å². The molecule has 1 aromatic heterocycles. The first-order valence-corrected chi connectivity index (χ1v) is 11.9. The van der Waals surface area contributed by atoms with E-state index in [-0.39, 0.29) is 4.90 Å². The lowest BCUT2D eigenvalue weighted by atomic mass is 10.1. The van der Waals surface area contributed by atoms with E-state index in [1.165, 1.54) is 3.97 Å². The summed E-state index contributed by atoms with van der Waals surface area (Å²) in [6, 6.07) is 17.8. The minimum Gasteiger partial charge on any atom is -0.497 e. The van der Waals surface area contributed by atoms with Crippen molar-refractivity contribution >= 4 is 43.9 Å². The lowest BCUT2D eigenvalue weighted by Crippen LogP contribution is -2.12. The standard InChI is InChI=1S/C24H24ClN3O3S/c1-16-4-11-23(22(25)12-16)27-18-5-10-21-17(14-26-2)15-28(24(21)13-18)32(29,30)20-8-6-19(31-3)7-9-20/h4-13,15,26-27H,14H2,1-3H3.